The molecule has 1 aromatic heterocycles. The van der Waals surface area contributed by atoms with Crippen molar-refractivity contribution >= 4 is 27.3 Å². The van der Waals surface area contributed by atoms with Crippen LogP contribution in [0.4, 0.5) is 0 Å². The molecule has 0 radical (unpaired) electrons. The van der Waals surface area contributed by atoms with Crippen molar-refractivity contribution in [2.75, 3.05) is 19.8 Å². The number of amides is 1. The summed E-state index contributed by atoms with van der Waals surface area (Å²) in [7, 11) is -3.66. The van der Waals surface area contributed by atoms with Gasteiger partial charge < -0.3 is 14.8 Å². The molecule has 0 bridgehead atoms. The molecular weight excluding hydrogens is 460 g/mol. The first-order chi connectivity index (χ1) is 15.7. The number of fused-ring (bicyclic) bond motifs is 1. The lowest BCUT2D eigenvalue weighted by Gasteiger charge is -2.28. The van der Waals surface area contributed by atoms with E-state index in [1.807, 2.05) is 49.6 Å². The largest absolute Gasteiger partial charge is 0.486 e. The summed E-state index contributed by atoms with van der Waals surface area (Å²) >= 11 is 1.48. The Kier molecular flexibility index (Phi) is 6.73. The van der Waals surface area contributed by atoms with Crippen molar-refractivity contribution in [3.63, 3.8) is 0 Å². The fourth-order valence-corrected chi connectivity index (χ4v) is 5.16. The van der Waals surface area contributed by atoms with E-state index in [-0.39, 0.29) is 22.8 Å². The Morgan fingerprint density at radius 1 is 1.03 bits per heavy atom. The Bertz CT molecular complexity index is 1220. The molecule has 9 heteroatoms. The minimum Gasteiger partial charge on any atom is -0.486 e. The highest BCUT2D eigenvalue weighted by atomic mass is 32.2. The monoisotopic (exact) mass is 486 g/mol. The average molecular weight is 487 g/mol. The molecule has 2 aromatic carbocycles. The summed E-state index contributed by atoms with van der Waals surface area (Å²) in [6, 6.07) is 15.5. The molecule has 0 fully saturated rings. The molecule has 2 N–H and O–H groups in total. The van der Waals surface area contributed by atoms with Crippen molar-refractivity contribution in [3.8, 4) is 11.5 Å². The highest BCUT2D eigenvalue weighted by Crippen LogP contribution is 2.35. The molecule has 2 heterocycles. The van der Waals surface area contributed by atoms with Gasteiger partial charge in [0.2, 0.25) is 10.0 Å². The van der Waals surface area contributed by atoms with Gasteiger partial charge in [0.15, 0.2) is 11.5 Å². The lowest BCUT2D eigenvalue weighted by atomic mass is 9.84. The lowest BCUT2D eigenvalue weighted by Crippen LogP contribution is -2.36. The highest BCUT2D eigenvalue weighted by molar-refractivity contribution is 7.89. The maximum absolute atomic E-state index is 12.7. The predicted molar refractivity (Wildman–Crippen MR) is 128 cm³/mol. The van der Waals surface area contributed by atoms with Gasteiger partial charge in [-0.15, -0.1) is 11.3 Å². The summed E-state index contributed by atoms with van der Waals surface area (Å²) in [4.78, 5) is 13.7. The zero-order valence-electron chi connectivity index (χ0n) is 18.5. The smallest absolute Gasteiger partial charge is 0.251 e. The van der Waals surface area contributed by atoms with Gasteiger partial charge in [-0.25, -0.2) is 13.1 Å². The number of sulfonamides is 1. The molecule has 4 rings (SSSR count). The molecule has 0 unspecified atom stereocenters. The third kappa shape index (κ3) is 5.55. The van der Waals surface area contributed by atoms with Gasteiger partial charge in [0.25, 0.3) is 5.91 Å². The standard InChI is InChI=1S/C24H26N2O5S2/c1-24(2,18-7-10-21-22(14-18)31-12-11-30-21)16-25-23(27)17-5-8-20(9-6-17)33(28,29)26-15-19-4-3-13-32-19/h3-10,13-14,26H,11-12,15-16H2,1-2H3,(H,25,27). The first-order valence-electron chi connectivity index (χ1n) is 10.6. The molecule has 0 saturated carbocycles. The van der Waals surface area contributed by atoms with Gasteiger partial charge in [0, 0.05) is 28.9 Å². The minimum atomic E-state index is -3.66. The van der Waals surface area contributed by atoms with E-state index in [9.17, 15) is 13.2 Å². The zero-order chi connectivity index (χ0) is 23.5. The molecule has 1 amide bonds. The fourth-order valence-electron chi connectivity index (χ4n) is 3.42. The Labute approximate surface area is 197 Å². The number of thiophene rings is 1. The van der Waals surface area contributed by atoms with E-state index >= 15 is 0 Å². The van der Waals surface area contributed by atoms with Crippen LogP contribution in [0.1, 0.15) is 34.6 Å². The second-order valence-electron chi connectivity index (χ2n) is 8.35. The number of rotatable bonds is 8. The van der Waals surface area contributed by atoms with Crippen LogP contribution in [0.2, 0.25) is 0 Å². The van der Waals surface area contributed by atoms with Gasteiger partial charge in [-0.3, -0.25) is 4.79 Å². The van der Waals surface area contributed by atoms with Crippen molar-refractivity contribution in [1.29, 1.82) is 0 Å². The van der Waals surface area contributed by atoms with Crippen LogP contribution in [0.25, 0.3) is 0 Å². The molecular formula is C24H26N2O5S2. The third-order valence-electron chi connectivity index (χ3n) is 5.46. The van der Waals surface area contributed by atoms with Crippen LogP contribution < -0.4 is 19.5 Å². The molecule has 0 spiro atoms. The van der Waals surface area contributed by atoms with Crippen LogP contribution in [-0.2, 0) is 22.0 Å². The number of carbonyl (C=O) groups is 1. The zero-order valence-corrected chi connectivity index (χ0v) is 20.1. The lowest BCUT2D eigenvalue weighted by molar-refractivity contribution is 0.0945. The summed E-state index contributed by atoms with van der Waals surface area (Å²) in [6.07, 6.45) is 0. The molecule has 33 heavy (non-hydrogen) atoms. The summed E-state index contributed by atoms with van der Waals surface area (Å²) in [5.41, 5.74) is 1.07. The van der Waals surface area contributed by atoms with Crippen molar-refractivity contribution in [2.45, 2.75) is 30.7 Å². The summed E-state index contributed by atoms with van der Waals surface area (Å²) in [5, 5.41) is 4.84. The van der Waals surface area contributed by atoms with E-state index < -0.39 is 10.0 Å². The van der Waals surface area contributed by atoms with Crippen LogP contribution in [0.3, 0.4) is 0 Å². The number of hydrogen-bond acceptors (Lipinski definition) is 6. The number of benzene rings is 2. The minimum absolute atomic E-state index is 0.118. The Morgan fingerprint density at radius 3 is 2.45 bits per heavy atom. The van der Waals surface area contributed by atoms with Gasteiger partial charge in [0.1, 0.15) is 13.2 Å². The molecule has 7 nitrogen and oxygen atoms in total. The van der Waals surface area contributed by atoms with Gasteiger partial charge in [0.05, 0.1) is 4.90 Å². The van der Waals surface area contributed by atoms with Gasteiger partial charge in [-0.2, -0.15) is 0 Å². The van der Waals surface area contributed by atoms with Gasteiger partial charge in [-0.05, 0) is 53.4 Å². The number of carbonyl (C=O) groups excluding carboxylic acids is 1. The second-order valence-corrected chi connectivity index (χ2v) is 11.2. The highest BCUT2D eigenvalue weighted by Gasteiger charge is 2.24. The molecule has 1 aliphatic rings. The third-order valence-corrected chi connectivity index (χ3v) is 7.75. The second kappa shape index (κ2) is 9.54. The first kappa shape index (κ1) is 23.3. The van der Waals surface area contributed by atoms with E-state index in [1.165, 1.54) is 35.6 Å². The van der Waals surface area contributed by atoms with E-state index in [0.29, 0.717) is 31.1 Å². The number of hydrogen-bond donors (Lipinski definition) is 2. The SMILES string of the molecule is CC(C)(CNC(=O)c1ccc(S(=O)(=O)NCc2cccs2)cc1)c1ccc2c(c1)OCCO2. The topological polar surface area (TPSA) is 93.7 Å². The van der Waals surface area contributed by atoms with Crippen LogP contribution >= 0.6 is 11.3 Å². The van der Waals surface area contributed by atoms with Crippen LogP contribution in [0.5, 0.6) is 11.5 Å². The Hall–Kier alpha value is -2.88. The Balaban J connectivity index is 1.37. The fraction of sp³-hybridized carbons (Fsp3) is 0.292. The van der Waals surface area contributed by atoms with E-state index in [0.717, 1.165) is 16.2 Å². The van der Waals surface area contributed by atoms with Crippen LogP contribution in [0.15, 0.2) is 64.9 Å². The Morgan fingerprint density at radius 2 is 1.76 bits per heavy atom. The van der Waals surface area contributed by atoms with Crippen molar-refractivity contribution in [1.82, 2.24) is 10.0 Å². The maximum Gasteiger partial charge on any atom is 0.251 e. The van der Waals surface area contributed by atoms with Crippen molar-refractivity contribution in [2.24, 2.45) is 0 Å². The number of nitrogens with one attached hydrogen (secondary N) is 2. The number of ether oxygens (including phenoxy) is 2. The maximum atomic E-state index is 12.7. The normalized spacial score (nSPS) is 13.5. The first-order valence-corrected chi connectivity index (χ1v) is 12.9. The molecule has 0 aliphatic carbocycles. The quantitative estimate of drug-likeness (QED) is 0.506. The van der Waals surface area contributed by atoms with Crippen LogP contribution in [-0.4, -0.2) is 34.1 Å². The van der Waals surface area contributed by atoms with Crippen LogP contribution in [0, 0.1) is 0 Å². The average Bonchev–Trinajstić information content (AvgIpc) is 3.35. The molecule has 0 saturated heterocycles. The molecule has 3 aromatic rings. The summed E-state index contributed by atoms with van der Waals surface area (Å²) in [5.74, 6) is 1.17. The summed E-state index contributed by atoms with van der Waals surface area (Å²) < 4.78 is 38.8. The predicted octanol–water partition coefficient (Wildman–Crippen LogP) is 3.71. The van der Waals surface area contributed by atoms with Gasteiger partial charge >= 0.3 is 0 Å². The van der Waals surface area contributed by atoms with E-state index in [2.05, 4.69) is 10.0 Å². The van der Waals surface area contributed by atoms with Crippen molar-refractivity contribution in [3.05, 3.63) is 76.0 Å². The molecule has 1 aliphatic heterocycles. The molecule has 0 atom stereocenters. The van der Waals surface area contributed by atoms with E-state index in [4.69, 9.17) is 9.47 Å². The van der Waals surface area contributed by atoms with Gasteiger partial charge in [-0.1, -0.05) is 26.0 Å². The van der Waals surface area contributed by atoms with Crippen molar-refractivity contribution < 1.29 is 22.7 Å². The molecule has 174 valence electrons. The van der Waals surface area contributed by atoms with E-state index in [1.54, 1.807) is 0 Å². The summed E-state index contributed by atoms with van der Waals surface area (Å²) in [6.45, 7) is 5.76.